The Morgan fingerprint density at radius 1 is 1.37 bits per heavy atom. The first-order chi connectivity index (χ1) is 9.02. The van der Waals surface area contributed by atoms with Gasteiger partial charge in [-0.05, 0) is 27.2 Å². The molecule has 2 rings (SSSR count). The summed E-state index contributed by atoms with van der Waals surface area (Å²) in [6.07, 6.45) is 1.42. The van der Waals surface area contributed by atoms with Gasteiger partial charge in [0.1, 0.15) is 11.5 Å². The Morgan fingerprint density at radius 2 is 2.11 bits per heavy atom. The SMILES string of the molecule is CCCC(=O)c1c(C)nn(Cc2cc(C)on2)c1C. The van der Waals surface area contributed by atoms with Crippen LogP contribution in [0.4, 0.5) is 0 Å². The molecular formula is C14H19N3O2. The predicted molar refractivity (Wildman–Crippen MR) is 71.3 cm³/mol. The molecule has 0 aliphatic rings. The van der Waals surface area contributed by atoms with Gasteiger partial charge in [0.05, 0.1) is 17.8 Å². The smallest absolute Gasteiger partial charge is 0.166 e. The summed E-state index contributed by atoms with van der Waals surface area (Å²) >= 11 is 0. The normalized spacial score (nSPS) is 10.9. The largest absolute Gasteiger partial charge is 0.361 e. The lowest BCUT2D eigenvalue weighted by Gasteiger charge is -2.02. The molecule has 0 aliphatic carbocycles. The summed E-state index contributed by atoms with van der Waals surface area (Å²) in [7, 11) is 0. The van der Waals surface area contributed by atoms with Gasteiger partial charge in [-0.3, -0.25) is 9.48 Å². The Kier molecular flexibility index (Phi) is 3.83. The fourth-order valence-electron chi connectivity index (χ4n) is 2.25. The maximum Gasteiger partial charge on any atom is 0.166 e. The summed E-state index contributed by atoms with van der Waals surface area (Å²) < 4.78 is 6.86. The molecule has 0 amide bonds. The molecule has 0 atom stereocenters. The number of nitrogens with zero attached hydrogens (tertiary/aromatic N) is 3. The number of carbonyl (C=O) groups is 1. The van der Waals surface area contributed by atoms with E-state index in [0.29, 0.717) is 13.0 Å². The summed E-state index contributed by atoms with van der Waals surface area (Å²) in [5.74, 6) is 0.943. The van der Waals surface area contributed by atoms with E-state index < -0.39 is 0 Å². The van der Waals surface area contributed by atoms with Gasteiger partial charge in [0.2, 0.25) is 0 Å². The van der Waals surface area contributed by atoms with E-state index in [2.05, 4.69) is 10.3 Å². The van der Waals surface area contributed by atoms with Crippen LogP contribution in [0.15, 0.2) is 10.6 Å². The summed E-state index contributed by atoms with van der Waals surface area (Å²) in [5.41, 5.74) is 3.26. The van der Waals surface area contributed by atoms with Crippen molar-refractivity contribution in [3.8, 4) is 0 Å². The third-order valence-corrected chi connectivity index (χ3v) is 3.13. The molecule has 0 bridgehead atoms. The highest BCUT2D eigenvalue weighted by Crippen LogP contribution is 2.17. The van der Waals surface area contributed by atoms with E-state index in [-0.39, 0.29) is 5.78 Å². The van der Waals surface area contributed by atoms with Gasteiger partial charge in [0.15, 0.2) is 5.78 Å². The summed E-state index contributed by atoms with van der Waals surface area (Å²) in [5, 5.41) is 8.38. The van der Waals surface area contributed by atoms with Crippen molar-refractivity contribution in [2.75, 3.05) is 0 Å². The zero-order valence-electron chi connectivity index (χ0n) is 11.9. The van der Waals surface area contributed by atoms with Gasteiger partial charge in [0, 0.05) is 18.2 Å². The van der Waals surface area contributed by atoms with Crippen LogP contribution in [0.2, 0.25) is 0 Å². The maximum atomic E-state index is 12.1. The molecule has 0 saturated carbocycles. The monoisotopic (exact) mass is 261 g/mol. The first kappa shape index (κ1) is 13.5. The lowest BCUT2D eigenvalue weighted by atomic mass is 10.1. The highest BCUT2D eigenvalue weighted by Gasteiger charge is 2.18. The molecule has 0 aromatic carbocycles. The van der Waals surface area contributed by atoms with Gasteiger partial charge in [-0.15, -0.1) is 0 Å². The minimum atomic E-state index is 0.167. The molecule has 5 heteroatoms. The number of carbonyl (C=O) groups excluding carboxylic acids is 1. The second-order valence-electron chi connectivity index (χ2n) is 4.81. The lowest BCUT2D eigenvalue weighted by molar-refractivity contribution is 0.0980. The molecule has 19 heavy (non-hydrogen) atoms. The number of hydrogen-bond acceptors (Lipinski definition) is 4. The second kappa shape index (κ2) is 5.38. The first-order valence-electron chi connectivity index (χ1n) is 6.52. The van der Waals surface area contributed by atoms with Crippen LogP contribution in [-0.2, 0) is 6.54 Å². The topological polar surface area (TPSA) is 60.9 Å². The Bertz CT molecular complexity index is 596. The summed E-state index contributed by atoms with van der Waals surface area (Å²) in [6.45, 7) is 8.19. The van der Waals surface area contributed by atoms with E-state index in [1.54, 1.807) is 0 Å². The van der Waals surface area contributed by atoms with Crippen molar-refractivity contribution < 1.29 is 9.32 Å². The minimum absolute atomic E-state index is 0.167. The van der Waals surface area contributed by atoms with Crippen molar-refractivity contribution in [2.45, 2.75) is 47.1 Å². The van der Waals surface area contributed by atoms with E-state index in [4.69, 9.17) is 4.52 Å². The summed E-state index contributed by atoms with van der Waals surface area (Å²) in [6, 6.07) is 1.88. The highest BCUT2D eigenvalue weighted by atomic mass is 16.5. The number of Topliss-reactive ketones (excluding diaryl/α,β-unsaturated/α-hetero) is 1. The molecule has 102 valence electrons. The van der Waals surface area contributed by atoms with E-state index in [1.165, 1.54) is 0 Å². The van der Waals surface area contributed by atoms with Crippen molar-refractivity contribution in [2.24, 2.45) is 0 Å². The maximum absolute atomic E-state index is 12.1. The zero-order valence-corrected chi connectivity index (χ0v) is 11.9. The minimum Gasteiger partial charge on any atom is -0.361 e. The van der Waals surface area contributed by atoms with Gasteiger partial charge in [0.25, 0.3) is 0 Å². The molecule has 0 unspecified atom stereocenters. The van der Waals surface area contributed by atoms with Crippen LogP contribution in [0.25, 0.3) is 0 Å². The van der Waals surface area contributed by atoms with Crippen LogP contribution in [0.5, 0.6) is 0 Å². The van der Waals surface area contributed by atoms with Crippen molar-refractivity contribution in [1.82, 2.24) is 14.9 Å². The number of rotatable bonds is 5. The van der Waals surface area contributed by atoms with E-state index in [9.17, 15) is 4.79 Å². The molecule has 0 saturated heterocycles. The highest BCUT2D eigenvalue weighted by molar-refractivity contribution is 5.98. The van der Waals surface area contributed by atoms with Crippen LogP contribution in [0, 0.1) is 20.8 Å². The van der Waals surface area contributed by atoms with Gasteiger partial charge < -0.3 is 4.52 Å². The van der Waals surface area contributed by atoms with Crippen LogP contribution >= 0.6 is 0 Å². The van der Waals surface area contributed by atoms with Crippen LogP contribution < -0.4 is 0 Å². The van der Waals surface area contributed by atoms with Gasteiger partial charge in [-0.2, -0.15) is 5.10 Å². The lowest BCUT2D eigenvalue weighted by Crippen LogP contribution is -2.06. The molecule has 0 radical (unpaired) electrons. The van der Waals surface area contributed by atoms with Gasteiger partial charge in [-0.1, -0.05) is 12.1 Å². The number of hydrogen-bond donors (Lipinski definition) is 0. The summed E-state index contributed by atoms with van der Waals surface area (Å²) in [4.78, 5) is 12.1. The van der Waals surface area contributed by atoms with E-state index in [0.717, 1.165) is 34.8 Å². The Balaban J connectivity index is 2.28. The van der Waals surface area contributed by atoms with Crippen LogP contribution in [-0.4, -0.2) is 20.7 Å². The molecule has 5 nitrogen and oxygen atoms in total. The van der Waals surface area contributed by atoms with Crippen molar-refractivity contribution in [3.05, 3.63) is 34.5 Å². The number of aryl methyl sites for hydroxylation is 2. The van der Waals surface area contributed by atoms with Crippen molar-refractivity contribution in [3.63, 3.8) is 0 Å². The molecular weight excluding hydrogens is 242 g/mol. The van der Waals surface area contributed by atoms with Crippen molar-refractivity contribution in [1.29, 1.82) is 0 Å². The average Bonchev–Trinajstić information content (AvgIpc) is 2.85. The average molecular weight is 261 g/mol. The molecule has 0 fully saturated rings. The fraction of sp³-hybridized carbons (Fsp3) is 0.500. The number of aromatic nitrogens is 3. The second-order valence-corrected chi connectivity index (χ2v) is 4.81. The Labute approximate surface area is 112 Å². The fourth-order valence-corrected chi connectivity index (χ4v) is 2.25. The Hall–Kier alpha value is -1.91. The van der Waals surface area contributed by atoms with Crippen LogP contribution in [0.3, 0.4) is 0 Å². The quantitative estimate of drug-likeness (QED) is 0.776. The van der Waals surface area contributed by atoms with Gasteiger partial charge in [-0.25, -0.2) is 0 Å². The molecule has 2 aromatic rings. The molecule has 0 spiro atoms. The Morgan fingerprint density at radius 3 is 2.68 bits per heavy atom. The molecule has 2 aromatic heterocycles. The van der Waals surface area contributed by atoms with E-state index >= 15 is 0 Å². The predicted octanol–water partition coefficient (Wildman–Crippen LogP) is 2.83. The zero-order chi connectivity index (χ0) is 14.0. The van der Waals surface area contributed by atoms with Crippen LogP contribution in [0.1, 0.15) is 53.0 Å². The van der Waals surface area contributed by atoms with Crippen molar-refractivity contribution >= 4 is 5.78 Å². The van der Waals surface area contributed by atoms with Gasteiger partial charge >= 0.3 is 0 Å². The number of ketones is 1. The standard InChI is InChI=1S/C14H19N3O2/c1-5-6-13(18)14-10(3)15-17(11(14)4)8-12-7-9(2)19-16-12/h7H,5-6,8H2,1-4H3. The molecule has 0 N–H and O–H groups in total. The third kappa shape index (κ3) is 2.75. The first-order valence-corrected chi connectivity index (χ1v) is 6.52. The third-order valence-electron chi connectivity index (χ3n) is 3.13. The molecule has 2 heterocycles. The van der Waals surface area contributed by atoms with E-state index in [1.807, 2.05) is 38.4 Å². The molecule has 0 aliphatic heterocycles.